The molecule has 6 nitrogen and oxygen atoms in total. The van der Waals surface area contributed by atoms with E-state index in [1.807, 2.05) is 20.8 Å². The maximum atomic E-state index is 14.1. The number of nitrogens with zero attached hydrogens (tertiary/aromatic N) is 1. The first kappa shape index (κ1) is 28.5. The van der Waals surface area contributed by atoms with Crippen molar-refractivity contribution in [3.05, 3.63) is 68.2 Å². The minimum Gasteiger partial charge on any atom is -0.462 e. The lowest BCUT2D eigenvalue weighted by molar-refractivity contribution is -0.275. The predicted octanol–water partition coefficient (Wildman–Crippen LogP) is 5.98. The van der Waals surface area contributed by atoms with Gasteiger partial charge in [0.05, 0.1) is 20.8 Å². The van der Waals surface area contributed by atoms with Crippen LogP contribution in [-0.4, -0.2) is 42.2 Å². The number of β-amino-alcohol motifs (C(OH)–C–C–N with tert-alkyl or cyclic N) is 1. The highest BCUT2D eigenvalue weighted by Crippen LogP contribution is 2.50. The molecule has 1 atom stereocenters. The van der Waals surface area contributed by atoms with Crippen molar-refractivity contribution in [2.45, 2.75) is 50.2 Å². The minimum absolute atomic E-state index is 0.0347. The Morgan fingerprint density at radius 2 is 1.61 bits per heavy atom. The minimum atomic E-state index is -4.79. The second-order valence-electron chi connectivity index (χ2n) is 9.42. The third-order valence-electron chi connectivity index (χ3n) is 5.63. The summed E-state index contributed by atoms with van der Waals surface area (Å²) in [4.78, 5) is 14.6. The van der Waals surface area contributed by atoms with Gasteiger partial charge >= 0.3 is 6.18 Å². The molecule has 2 heterocycles. The number of ether oxygens (including phenoxy) is 1. The van der Waals surface area contributed by atoms with Crippen LogP contribution in [0, 0.1) is 0 Å². The predicted molar refractivity (Wildman–Crippen MR) is 132 cm³/mol. The maximum absolute atomic E-state index is 14.1. The molecule has 0 bridgehead atoms. The summed E-state index contributed by atoms with van der Waals surface area (Å²) >= 11 is 17.7. The van der Waals surface area contributed by atoms with Crippen LogP contribution in [0.1, 0.15) is 43.9 Å². The zero-order valence-electron chi connectivity index (χ0n) is 19.5. The molecule has 1 saturated heterocycles. The number of halogens is 6. The van der Waals surface area contributed by atoms with Crippen molar-refractivity contribution in [2.24, 2.45) is 5.16 Å². The van der Waals surface area contributed by atoms with Crippen molar-refractivity contribution >= 4 is 47.0 Å². The van der Waals surface area contributed by atoms with Crippen LogP contribution in [0.25, 0.3) is 0 Å². The molecule has 0 aromatic heterocycles. The van der Waals surface area contributed by atoms with Gasteiger partial charge in [0.1, 0.15) is 11.2 Å². The number of nitrogens with one attached hydrogen (secondary N) is 1. The first-order valence-electron chi connectivity index (χ1n) is 10.7. The molecule has 0 aliphatic carbocycles. The summed E-state index contributed by atoms with van der Waals surface area (Å²) in [5.74, 6) is 0. The first-order valence-corrected chi connectivity index (χ1v) is 11.9. The Balaban J connectivity index is 0.000000454. The van der Waals surface area contributed by atoms with E-state index in [9.17, 15) is 23.1 Å². The average molecular weight is 568 g/mol. The van der Waals surface area contributed by atoms with Gasteiger partial charge in [0.15, 0.2) is 0 Å². The zero-order chi connectivity index (χ0) is 26.9. The van der Waals surface area contributed by atoms with E-state index in [0.29, 0.717) is 30.7 Å². The van der Waals surface area contributed by atoms with Crippen molar-refractivity contribution in [1.82, 2.24) is 5.32 Å². The quantitative estimate of drug-likeness (QED) is 0.351. The van der Waals surface area contributed by atoms with Crippen LogP contribution in [0.5, 0.6) is 0 Å². The van der Waals surface area contributed by atoms with E-state index < -0.39 is 23.8 Å². The zero-order valence-corrected chi connectivity index (χ0v) is 21.8. The van der Waals surface area contributed by atoms with Gasteiger partial charge in [-0.15, -0.1) is 0 Å². The van der Waals surface area contributed by atoms with E-state index in [1.54, 1.807) is 24.3 Å². The Bertz CT molecular complexity index is 1120. The van der Waals surface area contributed by atoms with E-state index in [1.165, 1.54) is 0 Å². The second-order valence-corrected chi connectivity index (χ2v) is 10.6. The molecule has 1 fully saturated rings. The number of alkyl halides is 3. The fourth-order valence-electron chi connectivity index (χ4n) is 3.53. The van der Waals surface area contributed by atoms with Gasteiger partial charge in [-0.2, -0.15) is 13.2 Å². The van der Waals surface area contributed by atoms with E-state index in [-0.39, 0.29) is 31.9 Å². The van der Waals surface area contributed by atoms with Gasteiger partial charge < -0.3 is 20.0 Å². The van der Waals surface area contributed by atoms with Crippen LogP contribution in [-0.2, 0) is 25.6 Å². The molecule has 4 rings (SSSR count). The third kappa shape index (κ3) is 5.92. The lowest BCUT2D eigenvalue weighted by Crippen LogP contribution is -2.56. The summed E-state index contributed by atoms with van der Waals surface area (Å²) < 4.78 is 46.8. The summed E-state index contributed by atoms with van der Waals surface area (Å²) in [6, 6.07) is 8.74. The van der Waals surface area contributed by atoms with Gasteiger partial charge in [-0.1, -0.05) is 64.2 Å². The van der Waals surface area contributed by atoms with Crippen molar-refractivity contribution in [3.8, 4) is 0 Å². The molecule has 0 saturated carbocycles. The second kappa shape index (κ2) is 10.4. The van der Waals surface area contributed by atoms with Gasteiger partial charge in [-0.3, -0.25) is 4.79 Å². The molecule has 2 aliphatic heterocycles. The highest BCUT2D eigenvalue weighted by molar-refractivity contribution is 6.48. The molecular weight excluding hydrogens is 544 g/mol. The summed E-state index contributed by atoms with van der Waals surface area (Å²) in [5, 5.41) is 16.8. The number of carbonyl (C=O) groups excluding carboxylic acids is 1. The molecule has 36 heavy (non-hydrogen) atoms. The van der Waals surface area contributed by atoms with Gasteiger partial charge in [-0.25, -0.2) is 0 Å². The molecule has 2 aromatic carbocycles. The topological polar surface area (TPSA) is 80.2 Å². The molecule has 2 N–H and O–H groups in total. The lowest BCUT2D eigenvalue weighted by atomic mass is 9.85. The van der Waals surface area contributed by atoms with Crippen molar-refractivity contribution in [3.63, 3.8) is 0 Å². The Hall–Kier alpha value is -2.04. The molecule has 196 valence electrons. The highest BCUT2D eigenvalue weighted by atomic mass is 35.5. The Morgan fingerprint density at radius 1 is 1.06 bits per heavy atom. The van der Waals surface area contributed by atoms with Crippen molar-refractivity contribution in [1.29, 1.82) is 0 Å². The normalized spacial score (nSPS) is 20.9. The summed E-state index contributed by atoms with van der Waals surface area (Å²) in [7, 11) is 0. The first-order chi connectivity index (χ1) is 16.6. The summed E-state index contributed by atoms with van der Waals surface area (Å²) in [6.07, 6.45) is -5.35. The fourth-order valence-corrected chi connectivity index (χ4v) is 4.13. The average Bonchev–Trinajstić information content (AvgIpc) is 3.22. The van der Waals surface area contributed by atoms with Crippen LogP contribution < -0.4 is 5.32 Å². The van der Waals surface area contributed by atoms with Gasteiger partial charge in [-0.05, 0) is 44.0 Å². The Labute approximate surface area is 221 Å². The third-order valence-corrected chi connectivity index (χ3v) is 6.82. The van der Waals surface area contributed by atoms with E-state index in [2.05, 4.69) is 15.2 Å². The number of carbonyl (C=O) groups is 1. The largest absolute Gasteiger partial charge is 0.462 e. The van der Waals surface area contributed by atoms with Crippen LogP contribution in [0.2, 0.25) is 15.1 Å². The fraction of sp³-hybridized carbons (Fsp3) is 0.417. The molecule has 0 spiro atoms. The van der Waals surface area contributed by atoms with E-state index in [4.69, 9.17) is 39.6 Å². The van der Waals surface area contributed by atoms with Crippen LogP contribution >= 0.6 is 34.8 Å². The molecule has 2 aromatic rings. The van der Waals surface area contributed by atoms with Crippen LogP contribution in [0.3, 0.4) is 0 Å². The summed E-state index contributed by atoms with van der Waals surface area (Å²) in [5.41, 5.74) is -3.03. The smallest absolute Gasteiger partial charge is 0.435 e. The van der Waals surface area contributed by atoms with E-state index >= 15 is 0 Å². The number of hydrogen-bond donors (Lipinski definition) is 2. The Morgan fingerprint density at radius 3 is 2.00 bits per heavy atom. The molecule has 0 amide bonds. The molecule has 12 heteroatoms. The van der Waals surface area contributed by atoms with Crippen LogP contribution in [0.4, 0.5) is 13.2 Å². The lowest BCUT2D eigenvalue weighted by Gasteiger charge is -2.38. The molecule has 0 unspecified atom stereocenters. The number of benzene rings is 2. The maximum Gasteiger partial charge on any atom is 0.435 e. The number of rotatable bonds is 4. The number of aliphatic hydroxyl groups is 1. The SMILES string of the molecule is CC(C)(C)OC=O.OC1(c2ccc(C3=NO[C@@](c4cc(Cl)c(Cl)c(Cl)c4)(C(F)(F)F)C3)cc2)CNC1. The number of hydrogen-bond acceptors (Lipinski definition) is 6. The number of oxime groups is 1. The van der Waals surface area contributed by atoms with Crippen LogP contribution in [0.15, 0.2) is 41.6 Å². The van der Waals surface area contributed by atoms with Gasteiger partial charge in [0, 0.05) is 25.1 Å². The standard InChI is InChI=1S/C19H14Cl3F3N2O2.C5H10O2/c20-13-5-12(6-14(21)16(13)22)18(19(23,24)25)7-15(27-29-18)10-1-3-11(4-2-10)17(28)8-26-9-17;1-5(2,3)7-4-6/h1-6,26,28H,7-9H2;4H,1-3H3/t18-;/m0./s1. The summed E-state index contributed by atoms with van der Waals surface area (Å²) in [6.45, 7) is 6.77. The molecule has 2 aliphatic rings. The van der Waals surface area contributed by atoms with Crippen molar-refractivity contribution < 1.29 is 32.6 Å². The van der Waals surface area contributed by atoms with E-state index in [0.717, 1.165) is 12.1 Å². The molecular formula is C24H24Cl3F3N2O4. The highest BCUT2D eigenvalue weighted by Gasteiger charge is 2.62. The van der Waals surface area contributed by atoms with Crippen molar-refractivity contribution in [2.75, 3.05) is 13.1 Å². The Kier molecular flexibility index (Phi) is 8.22. The van der Waals surface area contributed by atoms with Gasteiger partial charge in [0.2, 0.25) is 0 Å². The monoisotopic (exact) mass is 566 g/mol. The molecule has 0 radical (unpaired) electrons. The van der Waals surface area contributed by atoms with Gasteiger partial charge in [0.25, 0.3) is 12.1 Å².